The second-order valence-electron chi connectivity index (χ2n) is 4.02. The molecule has 0 saturated heterocycles. The molecule has 1 heterocycles. The van der Waals surface area contributed by atoms with E-state index in [9.17, 15) is 9.59 Å². The number of hydrogen-bond acceptors (Lipinski definition) is 4. The van der Waals surface area contributed by atoms with Crippen LogP contribution in [0.15, 0.2) is 42.5 Å². The molecule has 0 bridgehead atoms. The first-order valence-corrected chi connectivity index (χ1v) is 6.72. The third-order valence-corrected chi connectivity index (χ3v) is 3.54. The van der Waals surface area contributed by atoms with Crippen molar-refractivity contribution in [1.82, 2.24) is 0 Å². The van der Waals surface area contributed by atoms with Crippen molar-refractivity contribution in [1.29, 1.82) is 5.26 Å². The Morgan fingerprint density at radius 1 is 1.29 bits per heavy atom. The Kier molecular flexibility index (Phi) is 4.49. The molecule has 0 atom stereocenters. The highest BCUT2D eigenvalue weighted by molar-refractivity contribution is 7.15. The Morgan fingerprint density at radius 3 is 2.81 bits per heavy atom. The molecule has 0 spiro atoms. The predicted molar refractivity (Wildman–Crippen MR) is 80.1 cm³/mol. The van der Waals surface area contributed by atoms with Crippen LogP contribution in [0.4, 0.5) is 5.69 Å². The quantitative estimate of drug-likeness (QED) is 0.849. The van der Waals surface area contributed by atoms with E-state index in [4.69, 9.17) is 10.4 Å². The van der Waals surface area contributed by atoms with Gasteiger partial charge >= 0.3 is 5.97 Å². The molecule has 2 N–H and O–H groups in total. The van der Waals surface area contributed by atoms with E-state index < -0.39 is 5.97 Å². The topological polar surface area (TPSA) is 90.2 Å². The molecule has 0 aliphatic rings. The molecule has 0 aliphatic heterocycles. The summed E-state index contributed by atoms with van der Waals surface area (Å²) in [5, 5.41) is 20.0. The minimum absolute atomic E-state index is 0.301. The van der Waals surface area contributed by atoms with E-state index in [0.29, 0.717) is 21.0 Å². The molecule has 0 unspecified atom stereocenters. The molecule has 21 heavy (non-hydrogen) atoms. The van der Waals surface area contributed by atoms with Crippen LogP contribution in [-0.4, -0.2) is 17.0 Å². The van der Waals surface area contributed by atoms with E-state index >= 15 is 0 Å². The van der Waals surface area contributed by atoms with Crippen molar-refractivity contribution in [3.8, 4) is 6.07 Å². The second-order valence-corrected chi connectivity index (χ2v) is 5.14. The van der Waals surface area contributed by atoms with Crippen molar-refractivity contribution >= 4 is 35.0 Å². The lowest BCUT2D eigenvalue weighted by Gasteiger charge is -2.03. The third-order valence-electron chi connectivity index (χ3n) is 2.49. The zero-order chi connectivity index (χ0) is 15.2. The van der Waals surface area contributed by atoms with Gasteiger partial charge in [0.1, 0.15) is 0 Å². The van der Waals surface area contributed by atoms with Crippen molar-refractivity contribution in [2.24, 2.45) is 0 Å². The van der Waals surface area contributed by atoms with Crippen LogP contribution in [0.3, 0.4) is 0 Å². The number of nitrogens with one attached hydrogen (secondary N) is 1. The second kappa shape index (κ2) is 6.50. The van der Waals surface area contributed by atoms with Gasteiger partial charge in [-0.1, -0.05) is 6.07 Å². The number of amides is 1. The van der Waals surface area contributed by atoms with Crippen molar-refractivity contribution in [2.45, 2.75) is 0 Å². The van der Waals surface area contributed by atoms with Crippen LogP contribution in [0, 0.1) is 11.3 Å². The molecule has 0 aliphatic carbocycles. The van der Waals surface area contributed by atoms with Gasteiger partial charge in [0.25, 0.3) is 5.91 Å². The van der Waals surface area contributed by atoms with Crippen molar-refractivity contribution in [3.05, 3.63) is 57.8 Å². The number of carbonyl (C=O) groups excluding carboxylic acids is 1. The number of carboxylic acid groups (broad SMARTS) is 1. The Hall–Kier alpha value is -2.91. The maximum atomic E-state index is 12.0. The van der Waals surface area contributed by atoms with Crippen LogP contribution in [-0.2, 0) is 4.79 Å². The number of thiophene rings is 1. The number of anilines is 1. The number of hydrogen-bond donors (Lipinski definition) is 2. The number of benzene rings is 1. The number of aliphatic carboxylic acids is 1. The number of nitriles is 1. The van der Waals surface area contributed by atoms with Gasteiger partial charge in [-0.05, 0) is 36.4 Å². The summed E-state index contributed by atoms with van der Waals surface area (Å²) in [6, 6.07) is 11.9. The van der Waals surface area contributed by atoms with E-state index in [2.05, 4.69) is 5.32 Å². The van der Waals surface area contributed by atoms with E-state index in [1.165, 1.54) is 17.4 Å². The van der Waals surface area contributed by atoms with Crippen molar-refractivity contribution in [3.63, 3.8) is 0 Å². The van der Waals surface area contributed by atoms with Gasteiger partial charge in [-0.25, -0.2) is 4.79 Å². The van der Waals surface area contributed by atoms with E-state index in [0.717, 1.165) is 6.08 Å². The minimum Gasteiger partial charge on any atom is -0.478 e. The lowest BCUT2D eigenvalue weighted by atomic mass is 10.2. The van der Waals surface area contributed by atoms with Crippen molar-refractivity contribution < 1.29 is 14.7 Å². The van der Waals surface area contributed by atoms with Crippen LogP contribution in [0.2, 0.25) is 0 Å². The van der Waals surface area contributed by atoms with E-state index in [1.54, 1.807) is 36.4 Å². The molecule has 2 rings (SSSR count). The first-order valence-electron chi connectivity index (χ1n) is 5.91. The Balaban J connectivity index is 2.10. The van der Waals surface area contributed by atoms with Crippen LogP contribution in [0.25, 0.3) is 6.08 Å². The maximum absolute atomic E-state index is 12.0. The molecule has 1 aromatic heterocycles. The summed E-state index contributed by atoms with van der Waals surface area (Å²) in [7, 11) is 0. The smallest absolute Gasteiger partial charge is 0.328 e. The van der Waals surface area contributed by atoms with E-state index in [1.807, 2.05) is 6.07 Å². The first kappa shape index (κ1) is 14.5. The molecular weight excluding hydrogens is 288 g/mol. The lowest BCUT2D eigenvalue weighted by Crippen LogP contribution is -2.09. The average molecular weight is 298 g/mol. The zero-order valence-electron chi connectivity index (χ0n) is 10.7. The summed E-state index contributed by atoms with van der Waals surface area (Å²) in [5.74, 6) is -1.34. The van der Waals surface area contributed by atoms with Gasteiger partial charge in [-0.2, -0.15) is 5.26 Å². The highest BCUT2D eigenvalue weighted by Crippen LogP contribution is 2.20. The summed E-state index contributed by atoms with van der Waals surface area (Å²) in [6.45, 7) is 0. The number of carboxylic acids is 1. The normalized spacial score (nSPS) is 10.2. The van der Waals surface area contributed by atoms with Gasteiger partial charge in [0.15, 0.2) is 0 Å². The lowest BCUT2D eigenvalue weighted by molar-refractivity contribution is -0.131. The van der Waals surface area contributed by atoms with Gasteiger partial charge in [0.2, 0.25) is 0 Å². The molecule has 104 valence electrons. The molecule has 1 aromatic carbocycles. The Bertz CT molecular complexity index is 756. The molecule has 2 aromatic rings. The van der Waals surface area contributed by atoms with Gasteiger partial charge < -0.3 is 10.4 Å². The zero-order valence-corrected chi connectivity index (χ0v) is 11.6. The monoisotopic (exact) mass is 298 g/mol. The fourth-order valence-corrected chi connectivity index (χ4v) is 2.38. The molecule has 1 amide bonds. The van der Waals surface area contributed by atoms with Crippen LogP contribution in [0.5, 0.6) is 0 Å². The average Bonchev–Trinajstić information content (AvgIpc) is 2.94. The van der Waals surface area contributed by atoms with Gasteiger partial charge in [-0.15, -0.1) is 11.3 Å². The van der Waals surface area contributed by atoms with Crippen LogP contribution in [0.1, 0.15) is 20.1 Å². The van der Waals surface area contributed by atoms with Crippen molar-refractivity contribution in [2.75, 3.05) is 5.32 Å². The Labute approximate surface area is 124 Å². The fourth-order valence-electron chi connectivity index (χ4n) is 1.58. The SMILES string of the molecule is N#Cc1cccc(NC(=O)c2ccc(C=CC(=O)O)s2)c1. The van der Waals surface area contributed by atoms with Gasteiger partial charge in [0, 0.05) is 16.6 Å². The Morgan fingerprint density at radius 2 is 2.10 bits per heavy atom. The van der Waals surface area contributed by atoms with E-state index in [-0.39, 0.29) is 5.91 Å². The molecular formula is C15H10N2O3S. The number of carbonyl (C=O) groups is 2. The minimum atomic E-state index is -1.04. The summed E-state index contributed by atoms with van der Waals surface area (Å²) in [4.78, 5) is 23.6. The molecule has 0 radical (unpaired) electrons. The third kappa shape index (κ3) is 4.03. The van der Waals surface area contributed by atoms with Crippen LogP contribution < -0.4 is 5.32 Å². The highest BCUT2D eigenvalue weighted by Gasteiger charge is 2.09. The molecule has 5 nitrogen and oxygen atoms in total. The standard InChI is InChI=1S/C15H10N2O3S/c16-9-10-2-1-3-11(8-10)17-15(20)13-6-4-12(21-13)5-7-14(18)19/h1-8H,(H,17,20)(H,18,19). The summed E-state index contributed by atoms with van der Waals surface area (Å²) < 4.78 is 0. The highest BCUT2D eigenvalue weighted by atomic mass is 32.1. The first-order chi connectivity index (χ1) is 10.1. The maximum Gasteiger partial charge on any atom is 0.328 e. The van der Waals surface area contributed by atoms with Gasteiger partial charge in [-0.3, -0.25) is 4.79 Å². The fraction of sp³-hybridized carbons (Fsp3) is 0. The molecule has 0 fully saturated rings. The van der Waals surface area contributed by atoms with Crippen LogP contribution >= 0.6 is 11.3 Å². The number of rotatable bonds is 4. The summed E-state index contributed by atoms with van der Waals surface area (Å²) in [5.41, 5.74) is 0.999. The largest absolute Gasteiger partial charge is 0.478 e. The number of nitrogens with zero attached hydrogens (tertiary/aromatic N) is 1. The van der Waals surface area contributed by atoms with Gasteiger partial charge in [0.05, 0.1) is 16.5 Å². The molecule has 0 saturated carbocycles. The summed E-state index contributed by atoms with van der Waals surface area (Å²) in [6.07, 6.45) is 2.45. The predicted octanol–water partition coefficient (Wildman–Crippen LogP) is 2.97. The summed E-state index contributed by atoms with van der Waals surface area (Å²) >= 11 is 1.18. The molecule has 6 heteroatoms.